The Morgan fingerprint density at radius 3 is 3.05 bits per heavy atom. The first kappa shape index (κ1) is 15.0. The van der Waals surface area contributed by atoms with E-state index >= 15 is 0 Å². The maximum absolute atomic E-state index is 6.16. The van der Waals surface area contributed by atoms with Crippen molar-refractivity contribution in [2.75, 3.05) is 30.0 Å². The van der Waals surface area contributed by atoms with Crippen LogP contribution in [0.4, 0.5) is 5.69 Å². The molecule has 3 rings (SSSR count). The minimum Gasteiger partial charge on any atom is -0.494 e. The first-order valence-electron chi connectivity index (χ1n) is 8.01. The van der Waals surface area contributed by atoms with E-state index in [9.17, 15) is 0 Å². The molecule has 3 nitrogen and oxygen atoms in total. The van der Waals surface area contributed by atoms with Crippen LogP contribution in [-0.4, -0.2) is 36.4 Å². The van der Waals surface area contributed by atoms with Crippen molar-refractivity contribution < 1.29 is 9.47 Å². The van der Waals surface area contributed by atoms with Crippen LogP contribution in [0, 0.1) is 0 Å². The highest BCUT2D eigenvalue weighted by Gasteiger charge is 2.38. The molecular formula is C17H25NO2S. The highest BCUT2D eigenvalue weighted by atomic mass is 32.2. The van der Waals surface area contributed by atoms with Crippen molar-refractivity contribution in [3.8, 4) is 5.75 Å². The van der Waals surface area contributed by atoms with E-state index in [0.29, 0.717) is 12.6 Å². The van der Waals surface area contributed by atoms with Gasteiger partial charge >= 0.3 is 0 Å². The van der Waals surface area contributed by atoms with Crippen molar-refractivity contribution in [2.45, 2.75) is 44.2 Å². The summed E-state index contributed by atoms with van der Waals surface area (Å²) in [5, 5.41) is 3.68. The molecular weight excluding hydrogens is 282 g/mol. The highest BCUT2D eigenvalue weighted by Crippen LogP contribution is 2.38. The normalized spacial score (nSPS) is 24.7. The van der Waals surface area contributed by atoms with Crippen LogP contribution in [-0.2, 0) is 4.74 Å². The number of anilines is 1. The van der Waals surface area contributed by atoms with E-state index in [-0.39, 0.29) is 5.60 Å². The molecule has 116 valence electrons. The highest BCUT2D eigenvalue weighted by molar-refractivity contribution is 7.99. The number of nitrogens with one attached hydrogen (secondary N) is 1. The predicted molar refractivity (Wildman–Crippen MR) is 89.5 cm³/mol. The lowest BCUT2D eigenvalue weighted by Gasteiger charge is -2.43. The van der Waals surface area contributed by atoms with Crippen molar-refractivity contribution in [1.82, 2.24) is 0 Å². The summed E-state index contributed by atoms with van der Waals surface area (Å²) < 4.78 is 11.7. The summed E-state index contributed by atoms with van der Waals surface area (Å²) in [7, 11) is 0. The fourth-order valence-corrected chi connectivity index (χ4v) is 4.56. The van der Waals surface area contributed by atoms with Crippen molar-refractivity contribution in [2.24, 2.45) is 0 Å². The molecule has 0 saturated carbocycles. The van der Waals surface area contributed by atoms with Crippen LogP contribution in [0.25, 0.3) is 0 Å². The van der Waals surface area contributed by atoms with Crippen molar-refractivity contribution in [3.05, 3.63) is 24.3 Å². The third-order valence-electron chi connectivity index (χ3n) is 4.41. The molecule has 2 fully saturated rings. The molecule has 2 saturated heterocycles. The lowest BCUT2D eigenvalue weighted by Crippen LogP contribution is -2.46. The van der Waals surface area contributed by atoms with Gasteiger partial charge in [-0.1, -0.05) is 6.07 Å². The van der Waals surface area contributed by atoms with E-state index in [1.54, 1.807) is 0 Å². The molecule has 1 aromatic carbocycles. The Morgan fingerprint density at radius 1 is 1.38 bits per heavy atom. The van der Waals surface area contributed by atoms with Gasteiger partial charge in [-0.2, -0.15) is 11.8 Å². The second-order valence-electron chi connectivity index (χ2n) is 5.94. The van der Waals surface area contributed by atoms with E-state index in [1.165, 1.54) is 24.3 Å². The number of rotatable bonds is 4. The Morgan fingerprint density at radius 2 is 2.24 bits per heavy atom. The van der Waals surface area contributed by atoms with Gasteiger partial charge in [-0.15, -0.1) is 0 Å². The van der Waals surface area contributed by atoms with Gasteiger partial charge < -0.3 is 14.8 Å². The molecule has 0 bridgehead atoms. The number of benzene rings is 1. The van der Waals surface area contributed by atoms with Crippen LogP contribution in [0.2, 0.25) is 0 Å². The van der Waals surface area contributed by atoms with E-state index < -0.39 is 0 Å². The van der Waals surface area contributed by atoms with E-state index in [4.69, 9.17) is 9.47 Å². The zero-order valence-corrected chi connectivity index (χ0v) is 13.6. The van der Waals surface area contributed by atoms with Gasteiger partial charge in [-0.05, 0) is 56.2 Å². The second kappa shape index (κ2) is 6.93. The summed E-state index contributed by atoms with van der Waals surface area (Å²) in [4.78, 5) is 0. The van der Waals surface area contributed by atoms with Crippen molar-refractivity contribution in [3.63, 3.8) is 0 Å². The minimum absolute atomic E-state index is 0.138. The third kappa shape index (κ3) is 3.86. The van der Waals surface area contributed by atoms with Crippen LogP contribution >= 0.6 is 11.8 Å². The van der Waals surface area contributed by atoms with Gasteiger partial charge in [0.1, 0.15) is 5.75 Å². The zero-order chi connectivity index (χ0) is 14.5. The summed E-state index contributed by atoms with van der Waals surface area (Å²) in [6, 6.07) is 8.81. The number of hydrogen-bond donors (Lipinski definition) is 1. The Labute approximate surface area is 131 Å². The van der Waals surface area contributed by atoms with Crippen LogP contribution in [0.3, 0.4) is 0 Å². The quantitative estimate of drug-likeness (QED) is 0.912. The summed E-state index contributed by atoms with van der Waals surface area (Å²) >= 11 is 2.06. The average Bonchev–Trinajstić information content (AvgIpc) is 2.49. The first-order valence-corrected chi connectivity index (χ1v) is 9.16. The Hall–Kier alpha value is -0.870. The number of thioether (sulfide) groups is 1. The lowest BCUT2D eigenvalue weighted by atomic mass is 9.85. The summed E-state index contributed by atoms with van der Waals surface area (Å²) in [5.41, 5.74) is 1.30. The molecule has 2 aliphatic heterocycles. The van der Waals surface area contributed by atoms with Gasteiger partial charge in [0.05, 0.1) is 12.2 Å². The fraction of sp³-hybridized carbons (Fsp3) is 0.647. The van der Waals surface area contributed by atoms with Crippen molar-refractivity contribution >= 4 is 17.4 Å². The van der Waals surface area contributed by atoms with E-state index in [1.807, 2.05) is 13.0 Å². The summed E-state index contributed by atoms with van der Waals surface area (Å²) in [6.45, 7) is 3.61. The standard InChI is InChI=1S/C17H25NO2S/c1-2-19-16-5-3-4-14(12-16)18-15-6-9-20-17(13-15)7-10-21-11-8-17/h3-5,12,15,18H,2,6-11,13H2,1H3. The van der Waals surface area contributed by atoms with Crippen LogP contribution in [0.1, 0.15) is 32.6 Å². The molecule has 0 amide bonds. The molecule has 0 aromatic heterocycles. The van der Waals surface area contributed by atoms with Gasteiger partial charge in [-0.3, -0.25) is 0 Å². The monoisotopic (exact) mass is 307 g/mol. The van der Waals surface area contributed by atoms with Crippen molar-refractivity contribution in [1.29, 1.82) is 0 Å². The fourth-order valence-electron chi connectivity index (χ4n) is 3.32. The van der Waals surface area contributed by atoms with Crippen LogP contribution < -0.4 is 10.1 Å². The Kier molecular flexibility index (Phi) is 4.96. The summed E-state index contributed by atoms with van der Waals surface area (Å²) in [5.74, 6) is 3.43. The van der Waals surface area contributed by atoms with Gasteiger partial charge in [0.2, 0.25) is 0 Å². The first-order chi connectivity index (χ1) is 10.3. The Balaban J connectivity index is 1.63. The van der Waals surface area contributed by atoms with E-state index in [0.717, 1.165) is 30.9 Å². The molecule has 1 unspecified atom stereocenters. The second-order valence-corrected chi connectivity index (χ2v) is 7.16. The lowest BCUT2D eigenvalue weighted by molar-refractivity contribution is -0.0865. The largest absolute Gasteiger partial charge is 0.494 e. The molecule has 0 radical (unpaired) electrons. The number of hydrogen-bond acceptors (Lipinski definition) is 4. The molecule has 1 atom stereocenters. The Bertz CT molecular complexity index is 454. The average molecular weight is 307 g/mol. The predicted octanol–water partition coefficient (Wildman–Crippen LogP) is 3.94. The van der Waals surface area contributed by atoms with E-state index in [2.05, 4.69) is 35.3 Å². The smallest absolute Gasteiger partial charge is 0.121 e. The molecule has 2 aliphatic rings. The molecule has 1 spiro atoms. The summed E-state index contributed by atoms with van der Waals surface area (Å²) in [6.07, 6.45) is 4.63. The van der Waals surface area contributed by atoms with Gasteiger partial charge in [0, 0.05) is 24.4 Å². The minimum atomic E-state index is 0.138. The molecule has 1 N–H and O–H groups in total. The maximum Gasteiger partial charge on any atom is 0.121 e. The molecule has 2 heterocycles. The molecule has 1 aromatic rings. The zero-order valence-electron chi connectivity index (χ0n) is 12.8. The van der Waals surface area contributed by atoms with Crippen LogP contribution in [0.5, 0.6) is 5.75 Å². The van der Waals surface area contributed by atoms with Crippen LogP contribution in [0.15, 0.2) is 24.3 Å². The van der Waals surface area contributed by atoms with Gasteiger partial charge in [0.15, 0.2) is 0 Å². The molecule has 0 aliphatic carbocycles. The SMILES string of the molecule is CCOc1cccc(NC2CCOC3(CCSCC3)C2)c1. The molecule has 21 heavy (non-hydrogen) atoms. The maximum atomic E-state index is 6.16. The topological polar surface area (TPSA) is 30.5 Å². The number of ether oxygens (including phenoxy) is 2. The third-order valence-corrected chi connectivity index (χ3v) is 5.40. The van der Waals surface area contributed by atoms with Gasteiger partial charge in [-0.25, -0.2) is 0 Å². The molecule has 4 heteroatoms. The van der Waals surface area contributed by atoms with Gasteiger partial charge in [0.25, 0.3) is 0 Å².